The Morgan fingerprint density at radius 3 is 1.52 bits per heavy atom. The van der Waals surface area contributed by atoms with Gasteiger partial charge in [-0.05, 0) is 199 Å². The number of aryl methyl sites for hydroxylation is 1. The van der Waals surface area contributed by atoms with Gasteiger partial charge in [0.2, 0.25) is 0 Å². The van der Waals surface area contributed by atoms with Crippen LogP contribution in [0.1, 0.15) is 135 Å². The summed E-state index contributed by atoms with van der Waals surface area (Å²) in [6.45, 7) is 29.2. The lowest BCUT2D eigenvalue weighted by molar-refractivity contribution is 0.332. The molecule has 8 aromatic carbocycles. The maximum absolute atomic E-state index is 2.72. The first-order valence-electron chi connectivity index (χ1n) is 27.0. The van der Waals surface area contributed by atoms with E-state index >= 15 is 0 Å². The highest BCUT2D eigenvalue weighted by molar-refractivity contribution is 7.00. The van der Waals surface area contributed by atoms with E-state index in [1.54, 1.807) is 0 Å². The minimum Gasteiger partial charge on any atom is -0.311 e. The molecule has 4 heteroatoms. The molecule has 0 N–H and O–H groups in total. The predicted octanol–water partition coefficient (Wildman–Crippen LogP) is 17.2. The van der Waals surface area contributed by atoms with Crippen molar-refractivity contribution in [3.63, 3.8) is 0 Å². The van der Waals surface area contributed by atoms with Crippen molar-refractivity contribution in [2.45, 2.75) is 136 Å². The van der Waals surface area contributed by atoms with Crippen molar-refractivity contribution in [1.29, 1.82) is 0 Å². The van der Waals surface area contributed by atoms with Gasteiger partial charge in [0, 0.05) is 51.2 Å². The second-order valence-electron chi connectivity index (χ2n) is 25.6. The Morgan fingerprint density at radius 2 is 0.932 bits per heavy atom. The van der Waals surface area contributed by atoms with Crippen molar-refractivity contribution >= 4 is 74.3 Å². The summed E-state index contributed by atoms with van der Waals surface area (Å²) in [5.41, 5.74) is 26.0. The van der Waals surface area contributed by atoms with E-state index in [4.69, 9.17) is 0 Å². The highest BCUT2D eigenvalue weighted by Crippen LogP contribution is 2.54. The summed E-state index contributed by atoms with van der Waals surface area (Å²) in [6, 6.07) is 65.2. The molecule has 0 bridgehead atoms. The number of anilines is 9. The van der Waals surface area contributed by atoms with E-state index in [1.165, 1.54) is 108 Å². The average molecular weight is 954 g/mol. The summed E-state index contributed by atoms with van der Waals surface area (Å²) >= 11 is 0. The molecule has 0 spiro atoms. The van der Waals surface area contributed by atoms with Crippen LogP contribution in [0.5, 0.6) is 0 Å². The Bertz CT molecular complexity index is 3430. The quantitative estimate of drug-likeness (QED) is 0.154. The molecule has 0 atom stereocenters. The second-order valence-corrected chi connectivity index (χ2v) is 25.6. The van der Waals surface area contributed by atoms with Crippen LogP contribution in [0.2, 0.25) is 0 Å². The van der Waals surface area contributed by atoms with Crippen molar-refractivity contribution in [1.82, 2.24) is 0 Å². The minimum atomic E-state index is -0.140. The van der Waals surface area contributed by atoms with E-state index in [0.717, 1.165) is 29.9 Å². The monoisotopic (exact) mass is 954 g/mol. The normalized spacial score (nSPS) is 17.5. The lowest BCUT2D eigenvalue weighted by Gasteiger charge is -2.48. The van der Waals surface area contributed by atoms with Gasteiger partial charge in [0.25, 0.3) is 6.71 Å². The molecule has 0 saturated carbocycles. The fraction of sp³-hybridized carbons (Fsp3) is 0.304. The van der Waals surface area contributed by atoms with Crippen molar-refractivity contribution in [2.24, 2.45) is 0 Å². The molecule has 0 aromatic heterocycles. The lowest BCUT2D eigenvalue weighted by Crippen LogP contribution is -2.62. The number of hydrogen-bond donors (Lipinski definition) is 0. The van der Waals surface area contributed by atoms with E-state index in [0.29, 0.717) is 0 Å². The molecule has 0 amide bonds. The summed E-state index contributed by atoms with van der Waals surface area (Å²) in [7, 11) is 0. The van der Waals surface area contributed by atoms with E-state index in [2.05, 4.69) is 268 Å². The molecule has 2 aliphatic carbocycles. The Morgan fingerprint density at radius 1 is 0.411 bits per heavy atom. The van der Waals surface area contributed by atoms with E-state index < -0.39 is 0 Å². The van der Waals surface area contributed by atoms with Crippen LogP contribution >= 0.6 is 0 Å². The summed E-state index contributed by atoms with van der Waals surface area (Å²) < 4.78 is 0. The van der Waals surface area contributed by atoms with Crippen LogP contribution in [-0.4, -0.2) is 6.71 Å². The van der Waals surface area contributed by atoms with E-state index in [-0.39, 0.29) is 33.8 Å². The standard InChI is InChI=1S/C69H72BN3/c1-45-28-29-47(46-22-16-13-17-23-46)38-60(45)73-59-33-31-52(71(49-24-18-14-19-25-49)50-26-20-15-21-27-50)42-57(59)70-58-43-55-56(69(11,12)37-36-68(55,9)10)44-61(58)72(62-39-48(65(2,3)4)40-63(73)64(62)70)51-30-32-53-54(41-51)67(7,8)35-34-66(53,5)6/h13-33,38-44H,34-37H2,1-12H3. The summed E-state index contributed by atoms with van der Waals surface area (Å²) in [5.74, 6) is 0. The first-order valence-corrected chi connectivity index (χ1v) is 27.0. The minimum absolute atomic E-state index is 0.0170. The van der Waals surface area contributed by atoms with E-state index in [9.17, 15) is 0 Å². The van der Waals surface area contributed by atoms with Gasteiger partial charge in [-0.15, -0.1) is 0 Å². The molecule has 8 aromatic rings. The molecule has 0 radical (unpaired) electrons. The lowest BCUT2D eigenvalue weighted by atomic mass is 9.33. The van der Waals surface area contributed by atoms with Gasteiger partial charge in [0.1, 0.15) is 0 Å². The maximum Gasteiger partial charge on any atom is 0.252 e. The van der Waals surface area contributed by atoms with Crippen LogP contribution < -0.4 is 31.1 Å². The molecule has 73 heavy (non-hydrogen) atoms. The van der Waals surface area contributed by atoms with Gasteiger partial charge >= 0.3 is 0 Å². The molecule has 0 saturated heterocycles. The zero-order valence-corrected chi connectivity index (χ0v) is 45.4. The Kier molecular flexibility index (Phi) is 10.8. The molecule has 2 aliphatic heterocycles. The largest absolute Gasteiger partial charge is 0.311 e. The summed E-state index contributed by atoms with van der Waals surface area (Å²) in [6.07, 6.45) is 4.66. The highest BCUT2D eigenvalue weighted by Gasteiger charge is 2.48. The predicted molar refractivity (Wildman–Crippen MR) is 315 cm³/mol. The Balaban J connectivity index is 1.22. The SMILES string of the molecule is Cc1ccc(-c2ccccc2)cc1N1c2ccc(N(c3ccccc3)c3ccccc3)cc2B2c3cc4c(cc3N(c3ccc5c(c3)C(C)(C)CCC5(C)C)c3cc(C(C)(C)C)cc1c32)C(C)(C)CCC4(C)C. The number of nitrogens with zero attached hydrogens (tertiary/aromatic N) is 3. The van der Waals surface area contributed by atoms with Gasteiger partial charge < -0.3 is 14.7 Å². The van der Waals surface area contributed by atoms with Crippen molar-refractivity contribution < 1.29 is 0 Å². The molecular weight excluding hydrogens is 882 g/mol. The third-order valence-electron chi connectivity index (χ3n) is 17.8. The Hall–Kier alpha value is -6.78. The van der Waals surface area contributed by atoms with Crippen LogP contribution in [0.3, 0.4) is 0 Å². The third-order valence-corrected chi connectivity index (χ3v) is 17.8. The van der Waals surface area contributed by atoms with E-state index in [1.807, 2.05) is 0 Å². The number of hydrogen-bond acceptors (Lipinski definition) is 3. The first kappa shape index (κ1) is 47.2. The molecule has 366 valence electrons. The molecule has 3 nitrogen and oxygen atoms in total. The number of rotatable bonds is 6. The fourth-order valence-corrected chi connectivity index (χ4v) is 13.1. The first-order chi connectivity index (χ1) is 34.7. The van der Waals surface area contributed by atoms with Gasteiger partial charge in [-0.1, -0.05) is 167 Å². The van der Waals surface area contributed by atoms with Gasteiger partial charge in [-0.2, -0.15) is 0 Å². The molecule has 4 aliphatic rings. The van der Waals surface area contributed by atoms with Crippen LogP contribution in [0.25, 0.3) is 11.1 Å². The van der Waals surface area contributed by atoms with Crippen molar-refractivity contribution in [2.75, 3.05) is 14.7 Å². The van der Waals surface area contributed by atoms with Crippen molar-refractivity contribution in [3.05, 3.63) is 203 Å². The summed E-state index contributed by atoms with van der Waals surface area (Å²) in [4.78, 5) is 7.81. The average Bonchev–Trinajstić information content (AvgIpc) is 3.38. The fourth-order valence-electron chi connectivity index (χ4n) is 13.1. The van der Waals surface area contributed by atoms with Gasteiger partial charge in [0.05, 0.1) is 0 Å². The number of benzene rings is 8. The van der Waals surface area contributed by atoms with Crippen LogP contribution in [0, 0.1) is 6.92 Å². The maximum atomic E-state index is 2.72. The molecule has 0 fully saturated rings. The van der Waals surface area contributed by atoms with Gasteiger partial charge in [0.15, 0.2) is 0 Å². The van der Waals surface area contributed by atoms with Crippen molar-refractivity contribution in [3.8, 4) is 11.1 Å². The molecular formula is C69H72BN3. The van der Waals surface area contributed by atoms with Crippen LogP contribution in [0.4, 0.5) is 51.2 Å². The zero-order valence-electron chi connectivity index (χ0n) is 45.4. The number of fused-ring (bicyclic) bond motifs is 6. The molecule has 12 rings (SSSR count). The smallest absolute Gasteiger partial charge is 0.252 e. The Labute approximate surface area is 437 Å². The topological polar surface area (TPSA) is 9.72 Å². The van der Waals surface area contributed by atoms with Gasteiger partial charge in [-0.3, -0.25) is 0 Å². The second kappa shape index (κ2) is 16.6. The number of para-hydroxylation sites is 2. The van der Waals surface area contributed by atoms with Crippen LogP contribution in [0.15, 0.2) is 170 Å². The zero-order chi connectivity index (χ0) is 51.0. The molecule has 0 unspecified atom stereocenters. The third kappa shape index (κ3) is 7.68. The van der Waals surface area contributed by atoms with Crippen LogP contribution in [-0.2, 0) is 27.1 Å². The highest BCUT2D eigenvalue weighted by atomic mass is 15.2. The van der Waals surface area contributed by atoms with Gasteiger partial charge in [-0.25, -0.2) is 0 Å². The summed E-state index contributed by atoms with van der Waals surface area (Å²) in [5, 5.41) is 0. The molecule has 2 heterocycles.